The van der Waals surface area contributed by atoms with Crippen molar-refractivity contribution in [1.82, 2.24) is 0 Å². The Morgan fingerprint density at radius 2 is 2.28 bits per heavy atom. The van der Waals surface area contributed by atoms with Gasteiger partial charge in [0.15, 0.2) is 0 Å². The number of hydrogen-bond donors (Lipinski definition) is 1. The van der Waals surface area contributed by atoms with E-state index in [1.54, 1.807) is 6.07 Å². The Morgan fingerprint density at radius 1 is 1.50 bits per heavy atom. The van der Waals surface area contributed by atoms with E-state index in [2.05, 4.69) is 12.2 Å². The number of nitrogens with one attached hydrogen (secondary N) is 1. The molecule has 1 heterocycles. The zero-order chi connectivity index (χ0) is 13.1. The van der Waals surface area contributed by atoms with E-state index in [0.29, 0.717) is 0 Å². The van der Waals surface area contributed by atoms with Crippen LogP contribution < -0.4 is 10.2 Å². The molecule has 1 aromatic rings. The van der Waals surface area contributed by atoms with Gasteiger partial charge >= 0.3 is 0 Å². The van der Waals surface area contributed by atoms with Crippen LogP contribution in [0.15, 0.2) is 12.1 Å². The molecule has 0 spiro atoms. The van der Waals surface area contributed by atoms with E-state index in [1.807, 2.05) is 18.0 Å². The van der Waals surface area contributed by atoms with Gasteiger partial charge in [0.25, 0.3) is 5.69 Å². The van der Waals surface area contributed by atoms with Gasteiger partial charge in [0, 0.05) is 37.5 Å². The summed E-state index contributed by atoms with van der Waals surface area (Å²) in [4.78, 5) is 12.9. The van der Waals surface area contributed by atoms with Crippen molar-refractivity contribution in [2.45, 2.75) is 26.2 Å². The summed E-state index contributed by atoms with van der Waals surface area (Å²) in [7, 11) is 1.94. The number of nitro groups is 1. The number of nitro benzene ring substituents is 1. The van der Waals surface area contributed by atoms with Gasteiger partial charge in [0.05, 0.1) is 4.92 Å². The predicted octanol–water partition coefficient (Wildman–Crippen LogP) is 2.80. The summed E-state index contributed by atoms with van der Waals surface area (Å²) >= 11 is 0. The Bertz CT molecular complexity index is 460. The molecule has 2 rings (SSSR count). The van der Waals surface area contributed by atoms with Crippen LogP contribution in [-0.4, -0.2) is 25.1 Å². The third kappa shape index (κ3) is 2.25. The van der Waals surface area contributed by atoms with Crippen LogP contribution in [0.25, 0.3) is 0 Å². The van der Waals surface area contributed by atoms with Gasteiger partial charge in [-0.3, -0.25) is 10.1 Å². The fourth-order valence-electron chi connectivity index (χ4n) is 2.45. The van der Waals surface area contributed by atoms with Gasteiger partial charge in [-0.15, -0.1) is 0 Å². The lowest BCUT2D eigenvalue weighted by molar-refractivity contribution is -0.384. The molecule has 0 saturated heterocycles. The summed E-state index contributed by atoms with van der Waals surface area (Å²) in [5.41, 5.74) is 3.13. The van der Waals surface area contributed by atoms with Gasteiger partial charge in [-0.2, -0.15) is 0 Å². The molecule has 0 aliphatic carbocycles. The van der Waals surface area contributed by atoms with E-state index < -0.39 is 0 Å². The van der Waals surface area contributed by atoms with Crippen molar-refractivity contribution in [2.24, 2.45) is 0 Å². The second-order valence-electron chi connectivity index (χ2n) is 4.67. The highest BCUT2D eigenvalue weighted by molar-refractivity contribution is 5.77. The van der Waals surface area contributed by atoms with Crippen molar-refractivity contribution in [3.05, 3.63) is 27.8 Å². The normalized spacial score (nSPS) is 13.0. The predicted molar refractivity (Wildman–Crippen MR) is 73.5 cm³/mol. The minimum atomic E-state index is -0.281. The van der Waals surface area contributed by atoms with Gasteiger partial charge < -0.3 is 10.2 Å². The Morgan fingerprint density at radius 3 is 2.94 bits per heavy atom. The lowest BCUT2D eigenvalue weighted by Crippen LogP contribution is -2.21. The first-order valence-corrected chi connectivity index (χ1v) is 6.40. The number of nitrogens with zero attached hydrogens (tertiary/aromatic N) is 2. The molecule has 1 aliphatic rings. The van der Waals surface area contributed by atoms with Crippen molar-refractivity contribution in [3.63, 3.8) is 0 Å². The van der Waals surface area contributed by atoms with Crippen LogP contribution >= 0.6 is 0 Å². The molecule has 98 valence electrons. The molecule has 1 aromatic carbocycles. The molecule has 0 unspecified atom stereocenters. The number of unbranched alkanes of at least 4 members (excludes halogenated alkanes) is 1. The molecule has 0 amide bonds. The van der Waals surface area contributed by atoms with Gasteiger partial charge in [-0.25, -0.2) is 0 Å². The summed E-state index contributed by atoms with van der Waals surface area (Å²) in [6.07, 6.45) is 3.00. The molecule has 1 aliphatic heterocycles. The van der Waals surface area contributed by atoms with E-state index in [0.717, 1.165) is 49.3 Å². The van der Waals surface area contributed by atoms with Gasteiger partial charge in [0.2, 0.25) is 0 Å². The molecular formula is C13H19N3O2. The second kappa shape index (κ2) is 5.25. The number of benzene rings is 1. The summed E-state index contributed by atoms with van der Waals surface area (Å²) in [6, 6.07) is 3.42. The minimum Gasteiger partial charge on any atom is -0.384 e. The molecule has 18 heavy (non-hydrogen) atoms. The number of rotatable bonds is 5. The first-order chi connectivity index (χ1) is 8.65. The third-order valence-corrected chi connectivity index (χ3v) is 3.38. The molecule has 0 saturated carbocycles. The highest BCUT2D eigenvalue weighted by atomic mass is 16.6. The van der Waals surface area contributed by atoms with Crippen LogP contribution in [0.4, 0.5) is 17.1 Å². The summed E-state index contributed by atoms with van der Waals surface area (Å²) in [5, 5.41) is 14.4. The van der Waals surface area contributed by atoms with Gasteiger partial charge in [-0.05, 0) is 18.9 Å². The average Bonchev–Trinajstić information content (AvgIpc) is 2.82. The van der Waals surface area contributed by atoms with E-state index in [4.69, 9.17) is 0 Å². The van der Waals surface area contributed by atoms with Crippen molar-refractivity contribution in [1.29, 1.82) is 0 Å². The maximum absolute atomic E-state index is 11.2. The standard InChI is InChI=1S/C13H19N3O2/c1-3-4-9-15(2)13-10-7-8-14-11(10)5-6-12(13)16(17)18/h5-6,14H,3-4,7-9H2,1-2H3. The molecule has 0 fully saturated rings. The maximum atomic E-state index is 11.2. The Kier molecular flexibility index (Phi) is 3.69. The van der Waals surface area contributed by atoms with Gasteiger partial charge in [0.1, 0.15) is 5.69 Å². The zero-order valence-electron chi connectivity index (χ0n) is 10.9. The second-order valence-corrected chi connectivity index (χ2v) is 4.67. The third-order valence-electron chi connectivity index (χ3n) is 3.38. The fraction of sp³-hybridized carbons (Fsp3) is 0.538. The first-order valence-electron chi connectivity index (χ1n) is 6.40. The van der Waals surface area contributed by atoms with E-state index in [9.17, 15) is 10.1 Å². The van der Waals surface area contributed by atoms with Crippen LogP contribution in [0.2, 0.25) is 0 Å². The Hall–Kier alpha value is -1.78. The van der Waals surface area contributed by atoms with E-state index in [-0.39, 0.29) is 10.6 Å². The highest BCUT2D eigenvalue weighted by Gasteiger charge is 2.25. The number of anilines is 2. The number of fused-ring (bicyclic) bond motifs is 1. The fourth-order valence-corrected chi connectivity index (χ4v) is 2.45. The summed E-state index contributed by atoms with van der Waals surface area (Å²) < 4.78 is 0. The molecule has 5 heteroatoms. The molecular weight excluding hydrogens is 230 g/mol. The smallest absolute Gasteiger partial charge is 0.292 e. The summed E-state index contributed by atoms with van der Waals surface area (Å²) in [5.74, 6) is 0. The molecule has 5 nitrogen and oxygen atoms in total. The molecule has 0 atom stereocenters. The molecule has 0 aromatic heterocycles. The Labute approximate surface area is 107 Å². The van der Waals surface area contributed by atoms with Crippen molar-refractivity contribution >= 4 is 17.1 Å². The SMILES string of the molecule is CCCCN(C)c1c([N+](=O)[O-])ccc2c1CCN2. The van der Waals surface area contributed by atoms with Crippen LogP contribution in [0.1, 0.15) is 25.3 Å². The molecule has 0 radical (unpaired) electrons. The van der Waals surface area contributed by atoms with Crippen LogP contribution in [0.5, 0.6) is 0 Å². The minimum absolute atomic E-state index is 0.219. The molecule has 0 bridgehead atoms. The van der Waals surface area contributed by atoms with Crippen LogP contribution in [0, 0.1) is 10.1 Å². The van der Waals surface area contributed by atoms with Crippen molar-refractivity contribution in [2.75, 3.05) is 30.4 Å². The van der Waals surface area contributed by atoms with Crippen molar-refractivity contribution in [3.8, 4) is 0 Å². The quantitative estimate of drug-likeness (QED) is 0.644. The van der Waals surface area contributed by atoms with Crippen LogP contribution in [-0.2, 0) is 6.42 Å². The van der Waals surface area contributed by atoms with Crippen molar-refractivity contribution < 1.29 is 4.92 Å². The lowest BCUT2D eigenvalue weighted by atomic mass is 10.1. The maximum Gasteiger partial charge on any atom is 0.292 e. The Balaban J connectivity index is 2.41. The van der Waals surface area contributed by atoms with Gasteiger partial charge in [-0.1, -0.05) is 13.3 Å². The largest absolute Gasteiger partial charge is 0.384 e. The zero-order valence-corrected chi connectivity index (χ0v) is 10.9. The topological polar surface area (TPSA) is 58.4 Å². The van der Waals surface area contributed by atoms with E-state index >= 15 is 0 Å². The highest BCUT2D eigenvalue weighted by Crippen LogP contribution is 2.38. The first kappa shape index (κ1) is 12.7. The monoisotopic (exact) mass is 249 g/mol. The summed E-state index contributed by atoms with van der Waals surface area (Å²) in [6.45, 7) is 3.85. The number of hydrogen-bond acceptors (Lipinski definition) is 4. The lowest BCUT2D eigenvalue weighted by Gasteiger charge is -2.21. The molecule has 1 N–H and O–H groups in total. The average molecular weight is 249 g/mol. The van der Waals surface area contributed by atoms with E-state index in [1.165, 1.54) is 0 Å². The van der Waals surface area contributed by atoms with Crippen LogP contribution in [0.3, 0.4) is 0 Å².